The Kier molecular flexibility index (Phi) is 3.43. The average molecular weight is 251 g/mol. The van der Waals surface area contributed by atoms with Gasteiger partial charge in [-0.2, -0.15) is 0 Å². The van der Waals surface area contributed by atoms with Gasteiger partial charge in [0.05, 0.1) is 5.92 Å². The number of carboxylic acids is 1. The van der Waals surface area contributed by atoms with Crippen LogP contribution < -0.4 is 9.47 Å². The first-order valence-corrected chi connectivity index (χ1v) is 5.79. The molecule has 0 fully saturated rings. The standard InChI is InChI=1S/C13H17NO4/c1-8(13(15)16)12(14(2)3)9-4-5-10-11(6-9)18-7-17-10/h4-6,8,12H,7H2,1-3H3,(H,15,16). The number of benzene rings is 1. The third-order valence-corrected chi connectivity index (χ3v) is 3.16. The number of fused-ring (bicyclic) bond motifs is 1. The minimum absolute atomic E-state index is 0.197. The first-order valence-electron chi connectivity index (χ1n) is 5.79. The molecule has 1 aliphatic rings. The molecular weight excluding hydrogens is 234 g/mol. The molecule has 1 aromatic rings. The molecule has 5 nitrogen and oxygen atoms in total. The summed E-state index contributed by atoms with van der Waals surface area (Å²) in [5.41, 5.74) is 0.916. The number of aliphatic carboxylic acids is 1. The molecule has 0 saturated heterocycles. The van der Waals surface area contributed by atoms with Crippen molar-refractivity contribution in [2.75, 3.05) is 20.9 Å². The summed E-state index contributed by atoms with van der Waals surface area (Å²) in [7, 11) is 3.74. The smallest absolute Gasteiger partial charge is 0.308 e. The fourth-order valence-electron chi connectivity index (χ4n) is 2.27. The lowest BCUT2D eigenvalue weighted by atomic mass is 9.93. The maximum atomic E-state index is 11.2. The van der Waals surface area contributed by atoms with E-state index in [-0.39, 0.29) is 12.8 Å². The van der Waals surface area contributed by atoms with E-state index in [1.807, 2.05) is 37.2 Å². The number of ether oxygens (including phenoxy) is 2. The zero-order chi connectivity index (χ0) is 13.3. The molecule has 1 heterocycles. The monoisotopic (exact) mass is 251 g/mol. The van der Waals surface area contributed by atoms with E-state index in [1.54, 1.807) is 6.92 Å². The van der Waals surface area contributed by atoms with E-state index in [4.69, 9.17) is 9.47 Å². The predicted octanol–water partition coefficient (Wildman–Crippen LogP) is 1.74. The summed E-state index contributed by atoms with van der Waals surface area (Å²) in [6.45, 7) is 1.93. The highest BCUT2D eigenvalue weighted by Gasteiger charge is 2.28. The largest absolute Gasteiger partial charge is 0.481 e. The third kappa shape index (κ3) is 2.26. The van der Waals surface area contributed by atoms with E-state index in [2.05, 4.69) is 0 Å². The van der Waals surface area contributed by atoms with Crippen molar-refractivity contribution < 1.29 is 19.4 Å². The molecule has 1 aromatic carbocycles. The van der Waals surface area contributed by atoms with Crippen LogP contribution in [0.15, 0.2) is 18.2 Å². The molecule has 18 heavy (non-hydrogen) atoms. The number of carboxylic acid groups (broad SMARTS) is 1. The molecule has 0 radical (unpaired) electrons. The van der Waals surface area contributed by atoms with Crippen LogP contribution in [0.4, 0.5) is 0 Å². The Morgan fingerprint density at radius 3 is 2.61 bits per heavy atom. The molecule has 0 amide bonds. The fourth-order valence-corrected chi connectivity index (χ4v) is 2.27. The maximum Gasteiger partial charge on any atom is 0.308 e. The van der Waals surface area contributed by atoms with Crippen LogP contribution in [0.1, 0.15) is 18.5 Å². The molecule has 2 atom stereocenters. The van der Waals surface area contributed by atoms with Gasteiger partial charge < -0.3 is 19.5 Å². The summed E-state index contributed by atoms with van der Waals surface area (Å²) in [5, 5.41) is 9.17. The van der Waals surface area contributed by atoms with Crippen molar-refractivity contribution in [3.8, 4) is 11.5 Å². The summed E-state index contributed by atoms with van der Waals surface area (Å²) < 4.78 is 10.6. The van der Waals surface area contributed by atoms with E-state index in [1.165, 1.54) is 0 Å². The minimum Gasteiger partial charge on any atom is -0.481 e. The van der Waals surface area contributed by atoms with Gasteiger partial charge in [0.2, 0.25) is 6.79 Å². The molecule has 0 bridgehead atoms. The van der Waals surface area contributed by atoms with Crippen molar-refractivity contribution >= 4 is 5.97 Å². The Balaban J connectivity index is 2.34. The van der Waals surface area contributed by atoms with Crippen molar-refractivity contribution in [2.24, 2.45) is 5.92 Å². The minimum atomic E-state index is -0.814. The van der Waals surface area contributed by atoms with Gasteiger partial charge in [0, 0.05) is 6.04 Å². The van der Waals surface area contributed by atoms with Crippen LogP contribution in [0.5, 0.6) is 11.5 Å². The quantitative estimate of drug-likeness (QED) is 0.883. The zero-order valence-electron chi connectivity index (χ0n) is 10.7. The number of carbonyl (C=O) groups is 1. The maximum absolute atomic E-state index is 11.2. The van der Waals surface area contributed by atoms with Crippen LogP contribution in [0.3, 0.4) is 0 Å². The van der Waals surface area contributed by atoms with Crippen molar-refractivity contribution in [1.82, 2.24) is 4.90 Å². The van der Waals surface area contributed by atoms with E-state index < -0.39 is 11.9 Å². The SMILES string of the molecule is CC(C(=O)O)C(c1ccc2c(c1)OCO2)N(C)C. The molecule has 1 aliphatic heterocycles. The Morgan fingerprint density at radius 1 is 1.33 bits per heavy atom. The lowest BCUT2D eigenvalue weighted by Gasteiger charge is -2.28. The molecule has 5 heteroatoms. The Labute approximate surface area is 106 Å². The summed E-state index contributed by atoms with van der Waals surface area (Å²) in [6, 6.07) is 5.37. The van der Waals surface area contributed by atoms with Gasteiger partial charge in [-0.05, 0) is 31.8 Å². The lowest BCUT2D eigenvalue weighted by molar-refractivity contribution is -0.143. The highest BCUT2D eigenvalue weighted by molar-refractivity contribution is 5.71. The molecule has 2 rings (SSSR count). The zero-order valence-corrected chi connectivity index (χ0v) is 10.7. The molecule has 0 spiro atoms. The van der Waals surface area contributed by atoms with Gasteiger partial charge in [-0.3, -0.25) is 4.79 Å². The summed E-state index contributed by atoms with van der Waals surface area (Å²) in [6.07, 6.45) is 0. The number of nitrogens with zero attached hydrogens (tertiary/aromatic N) is 1. The van der Waals surface area contributed by atoms with Crippen molar-refractivity contribution in [2.45, 2.75) is 13.0 Å². The Bertz CT molecular complexity index is 458. The number of hydrogen-bond acceptors (Lipinski definition) is 4. The topological polar surface area (TPSA) is 59.0 Å². The summed E-state index contributed by atoms with van der Waals surface area (Å²) >= 11 is 0. The van der Waals surface area contributed by atoms with Crippen LogP contribution in [0.25, 0.3) is 0 Å². The molecular formula is C13H17NO4. The van der Waals surface area contributed by atoms with Crippen LogP contribution in [-0.4, -0.2) is 36.9 Å². The average Bonchev–Trinajstić information content (AvgIpc) is 2.75. The Hall–Kier alpha value is -1.75. The molecule has 1 N–H and O–H groups in total. The molecule has 0 saturated carbocycles. The van der Waals surface area contributed by atoms with Crippen molar-refractivity contribution in [3.63, 3.8) is 0 Å². The van der Waals surface area contributed by atoms with Crippen LogP contribution in [-0.2, 0) is 4.79 Å². The normalized spacial score (nSPS) is 16.7. The van der Waals surface area contributed by atoms with Crippen LogP contribution in [0.2, 0.25) is 0 Å². The van der Waals surface area contributed by atoms with E-state index in [9.17, 15) is 9.90 Å². The van der Waals surface area contributed by atoms with Crippen LogP contribution in [0, 0.1) is 5.92 Å². The second-order valence-corrected chi connectivity index (χ2v) is 4.65. The number of hydrogen-bond donors (Lipinski definition) is 1. The summed E-state index contributed by atoms with van der Waals surface area (Å²) in [4.78, 5) is 13.1. The third-order valence-electron chi connectivity index (χ3n) is 3.16. The predicted molar refractivity (Wildman–Crippen MR) is 65.8 cm³/mol. The van der Waals surface area contributed by atoms with E-state index >= 15 is 0 Å². The molecule has 2 unspecified atom stereocenters. The first kappa shape index (κ1) is 12.7. The van der Waals surface area contributed by atoms with Crippen molar-refractivity contribution in [1.29, 1.82) is 0 Å². The van der Waals surface area contributed by atoms with E-state index in [0.717, 1.165) is 5.56 Å². The van der Waals surface area contributed by atoms with Crippen molar-refractivity contribution in [3.05, 3.63) is 23.8 Å². The van der Waals surface area contributed by atoms with Gasteiger partial charge in [0.1, 0.15) is 0 Å². The lowest BCUT2D eigenvalue weighted by Crippen LogP contribution is -2.30. The highest BCUT2D eigenvalue weighted by atomic mass is 16.7. The van der Waals surface area contributed by atoms with Gasteiger partial charge in [-0.1, -0.05) is 13.0 Å². The summed E-state index contributed by atoms with van der Waals surface area (Å²) in [5.74, 6) is 0.0721. The van der Waals surface area contributed by atoms with Gasteiger partial charge >= 0.3 is 5.97 Å². The second kappa shape index (κ2) is 4.86. The van der Waals surface area contributed by atoms with Gasteiger partial charge in [-0.25, -0.2) is 0 Å². The van der Waals surface area contributed by atoms with Gasteiger partial charge in [0.15, 0.2) is 11.5 Å². The van der Waals surface area contributed by atoms with Gasteiger partial charge in [-0.15, -0.1) is 0 Å². The molecule has 0 aromatic heterocycles. The molecule has 0 aliphatic carbocycles. The fraction of sp³-hybridized carbons (Fsp3) is 0.462. The Morgan fingerprint density at radius 2 is 2.00 bits per heavy atom. The second-order valence-electron chi connectivity index (χ2n) is 4.65. The van der Waals surface area contributed by atoms with Gasteiger partial charge in [0.25, 0.3) is 0 Å². The van der Waals surface area contributed by atoms with E-state index in [0.29, 0.717) is 11.5 Å². The highest BCUT2D eigenvalue weighted by Crippen LogP contribution is 2.37. The molecule has 98 valence electrons. The first-order chi connectivity index (χ1) is 8.50. The van der Waals surface area contributed by atoms with Crippen LogP contribution >= 0.6 is 0 Å². The number of rotatable bonds is 4.